The van der Waals surface area contributed by atoms with Crippen LogP contribution in [0.25, 0.3) is 0 Å². The van der Waals surface area contributed by atoms with Gasteiger partial charge in [-0.25, -0.2) is 4.39 Å². The van der Waals surface area contributed by atoms with Crippen molar-refractivity contribution in [2.45, 2.75) is 12.3 Å². The van der Waals surface area contributed by atoms with Crippen LogP contribution in [0.3, 0.4) is 0 Å². The number of benzene rings is 1. The summed E-state index contributed by atoms with van der Waals surface area (Å²) in [5.41, 5.74) is 1.04. The zero-order valence-corrected chi connectivity index (χ0v) is 8.50. The molecule has 1 fully saturated rings. The number of rotatable bonds is 0. The number of ether oxygens (including phenoxy) is 1. The molecule has 2 nitrogen and oxygen atoms in total. The average molecular weight is 207 g/mol. The van der Waals surface area contributed by atoms with Gasteiger partial charge in [0.25, 0.3) is 0 Å². The lowest BCUT2D eigenvalue weighted by Crippen LogP contribution is -2.11. The van der Waals surface area contributed by atoms with Gasteiger partial charge in [0.15, 0.2) is 0 Å². The van der Waals surface area contributed by atoms with Crippen molar-refractivity contribution in [2.24, 2.45) is 5.92 Å². The van der Waals surface area contributed by atoms with Gasteiger partial charge in [0.05, 0.1) is 6.61 Å². The van der Waals surface area contributed by atoms with Crippen molar-refractivity contribution in [3.8, 4) is 5.75 Å². The molecular weight excluding hydrogens is 193 g/mol. The lowest BCUT2D eigenvalue weighted by atomic mass is 9.87. The van der Waals surface area contributed by atoms with Crippen LogP contribution < -0.4 is 10.1 Å². The first-order chi connectivity index (χ1) is 7.34. The Kier molecular flexibility index (Phi) is 2.13. The molecule has 1 N–H and O–H groups in total. The van der Waals surface area contributed by atoms with E-state index < -0.39 is 0 Å². The fraction of sp³-hybridized carbons (Fsp3) is 0.500. The molecule has 0 spiro atoms. The molecule has 0 radical (unpaired) electrons. The van der Waals surface area contributed by atoms with E-state index in [-0.39, 0.29) is 5.82 Å². The van der Waals surface area contributed by atoms with Crippen LogP contribution in [0.5, 0.6) is 5.75 Å². The quantitative estimate of drug-likeness (QED) is 0.701. The summed E-state index contributed by atoms with van der Waals surface area (Å²) in [5.74, 6) is 1.74. The van der Waals surface area contributed by atoms with Gasteiger partial charge < -0.3 is 10.1 Å². The fourth-order valence-corrected chi connectivity index (χ4v) is 2.66. The first kappa shape index (κ1) is 9.16. The van der Waals surface area contributed by atoms with E-state index >= 15 is 0 Å². The summed E-state index contributed by atoms with van der Waals surface area (Å²) in [5, 5.41) is 3.37. The van der Waals surface area contributed by atoms with Gasteiger partial charge >= 0.3 is 0 Å². The van der Waals surface area contributed by atoms with E-state index in [1.54, 1.807) is 12.1 Å². The Bertz CT molecular complexity index is 380. The average Bonchev–Trinajstić information content (AvgIpc) is 2.62. The Hall–Kier alpha value is -1.09. The smallest absolute Gasteiger partial charge is 0.123 e. The van der Waals surface area contributed by atoms with Crippen molar-refractivity contribution in [1.82, 2.24) is 5.32 Å². The molecule has 1 aromatic carbocycles. The predicted molar refractivity (Wildman–Crippen MR) is 55.6 cm³/mol. The van der Waals surface area contributed by atoms with Gasteiger partial charge in [-0.1, -0.05) is 0 Å². The van der Waals surface area contributed by atoms with Gasteiger partial charge in [-0.05, 0) is 37.1 Å². The van der Waals surface area contributed by atoms with Crippen molar-refractivity contribution in [3.05, 3.63) is 29.6 Å². The standard InChI is InChI=1S/C12H14FNO/c13-9-1-2-12-10(5-9)11-7-14-6-8(11)3-4-15-12/h1-2,5,8,11,14H,3-4,6-7H2/t8?,11-/m0/s1. The fourth-order valence-electron chi connectivity index (χ4n) is 2.66. The van der Waals surface area contributed by atoms with Crippen LogP contribution in [0, 0.1) is 11.7 Å². The van der Waals surface area contributed by atoms with Crippen LogP contribution in [0.15, 0.2) is 18.2 Å². The van der Waals surface area contributed by atoms with Gasteiger partial charge in [-0.15, -0.1) is 0 Å². The van der Waals surface area contributed by atoms with E-state index in [4.69, 9.17) is 4.74 Å². The molecule has 3 rings (SSSR count). The van der Waals surface area contributed by atoms with Crippen molar-refractivity contribution < 1.29 is 9.13 Å². The zero-order valence-electron chi connectivity index (χ0n) is 8.50. The van der Waals surface area contributed by atoms with Crippen LogP contribution in [-0.2, 0) is 0 Å². The Balaban J connectivity index is 2.06. The number of hydrogen-bond donors (Lipinski definition) is 1. The molecule has 15 heavy (non-hydrogen) atoms. The van der Waals surface area contributed by atoms with Crippen LogP contribution in [0.1, 0.15) is 17.9 Å². The third kappa shape index (κ3) is 1.51. The molecule has 2 heterocycles. The third-order valence-electron chi connectivity index (χ3n) is 3.46. The summed E-state index contributed by atoms with van der Waals surface area (Å²) in [6, 6.07) is 4.86. The van der Waals surface area contributed by atoms with E-state index in [2.05, 4.69) is 5.32 Å². The minimum atomic E-state index is -0.162. The summed E-state index contributed by atoms with van der Waals surface area (Å²) in [7, 11) is 0. The van der Waals surface area contributed by atoms with Gasteiger partial charge in [0.2, 0.25) is 0 Å². The second-order valence-electron chi connectivity index (χ2n) is 4.34. The molecule has 1 aromatic rings. The first-order valence-corrected chi connectivity index (χ1v) is 5.47. The van der Waals surface area contributed by atoms with E-state index in [9.17, 15) is 4.39 Å². The maximum Gasteiger partial charge on any atom is 0.123 e. The monoisotopic (exact) mass is 207 g/mol. The minimum Gasteiger partial charge on any atom is -0.493 e. The Morgan fingerprint density at radius 3 is 3.20 bits per heavy atom. The molecule has 1 saturated heterocycles. The minimum absolute atomic E-state index is 0.162. The predicted octanol–water partition coefficient (Wildman–Crippen LogP) is 1.91. The largest absolute Gasteiger partial charge is 0.493 e. The van der Waals surface area contributed by atoms with Crippen LogP contribution in [0.2, 0.25) is 0 Å². The molecule has 2 aliphatic heterocycles. The summed E-state index contributed by atoms with van der Waals surface area (Å²) < 4.78 is 18.9. The second kappa shape index (κ2) is 3.49. The molecule has 0 aliphatic carbocycles. The highest BCUT2D eigenvalue weighted by atomic mass is 19.1. The third-order valence-corrected chi connectivity index (χ3v) is 3.46. The van der Waals surface area contributed by atoms with E-state index in [1.165, 1.54) is 6.07 Å². The zero-order chi connectivity index (χ0) is 10.3. The number of hydrogen-bond acceptors (Lipinski definition) is 2. The number of nitrogens with one attached hydrogen (secondary N) is 1. The van der Waals surface area contributed by atoms with Gasteiger partial charge in [-0.2, -0.15) is 0 Å². The maximum atomic E-state index is 13.2. The topological polar surface area (TPSA) is 21.3 Å². The summed E-state index contributed by atoms with van der Waals surface area (Å²) >= 11 is 0. The normalized spacial score (nSPS) is 28.9. The first-order valence-electron chi connectivity index (χ1n) is 5.47. The molecule has 0 aromatic heterocycles. The van der Waals surface area contributed by atoms with Crippen LogP contribution in [-0.4, -0.2) is 19.7 Å². The molecule has 80 valence electrons. The molecule has 1 unspecified atom stereocenters. The molecule has 0 amide bonds. The molecule has 0 bridgehead atoms. The molecule has 3 heteroatoms. The summed E-state index contributed by atoms with van der Waals surface area (Å²) in [6.07, 6.45) is 1.06. The molecule has 0 saturated carbocycles. The SMILES string of the molecule is Fc1ccc2c(c1)[C@H]1CNCC1CCO2. The van der Waals surface area contributed by atoms with Crippen molar-refractivity contribution in [3.63, 3.8) is 0 Å². The van der Waals surface area contributed by atoms with Gasteiger partial charge in [0, 0.05) is 18.0 Å². The van der Waals surface area contributed by atoms with Crippen LogP contribution >= 0.6 is 0 Å². The lowest BCUT2D eigenvalue weighted by molar-refractivity contribution is 0.296. The highest BCUT2D eigenvalue weighted by molar-refractivity contribution is 5.39. The van der Waals surface area contributed by atoms with Crippen molar-refractivity contribution in [1.29, 1.82) is 0 Å². The molecule has 2 atom stereocenters. The van der Waals surface area contributed by atoms with E-state index in [0.717, 1.165) is 37.4 Å². The number of halogens is 1. The van der Waals surface area contributed by atoms with E-state index in [0.29, 0.717) is 11.8 Å². The van der Waals surface area contributed by atoms with Crippen molar-refractivity contribution >= 4 is 0 Å². The highest BCUT2D eigenvalue weighted by Gasteiger charge is 2.32. The summed E-state index contributed by atoms with van der Waals surface area (Å²) in [6.45, 7) is 2.73. The van der Waals surface area contributed by atoms with Gasteiger partial charge in [0.1, 0.15) is 11.6 Å². The Labute approximate surface area is 88.4 Å². The molecule has 2 aliphatic rings. The number of fused-ring (bicyclic) bond motifs is 3. The van der Waals surface area contributed by atoms with Gasteiger partial charge in [-0.3, -0.25) is 0 Å². The molecular formula is C12H14FNO. The Morgan fingerprint density at radius 1 is 1.33 bits per heavy atom. The maximum absolute atomic E-state index is 13.2. The van der Waals surface area contributed by atoms with Crippen LogP contribution in [0.4, 0.5) is 4.39 Å². The summed E-state index contributed by atoms with van der Waals surface area (Å²) in [4.78, 5) is 0. The lowest BCUT2D eigenvalue weighted by Gasteiger charge is -2.15. The second-order valence-corrected chi connectivity index (χ2v) is 4.34. The van der Waals surface area contributed by atoms with E-state index in [1.807, 2.05) is 0 Å². The Morgan fingerprint density at radius 2 is 2.27 bits per heavy atom. The van der Waals surface area contributed by atoms with Crippen molar-refractivity contribution in [2.75, 3.05) is 19.7 Å². The highest BCUT2D eigenvalue weighted by Crippen LogP contribution is 2.38.